The first-order valence-electron chi connectivity index (χ1n) is 8.69. The summed E-state index contributed by atoms with van der Waals surface area (Å²) in [6.45, 7) is 6.20. The fourth-order valence-corrected chi connectivity index (χ4v) is 4.13. The van der Waals surface area contributed by atoms with Crippen LogP contribution in [0, 0.1) is 0 Å². The number of aryl methyl sites for hydroxylation is 1. The van der Waals surface area contributed by atoms with Gasteiger partial charge >= 0.3 is 0 Å². The molecule has 1 aromatic carbocycles. The largest absolute Gasteiger partial charge is 0.378 e. The van der Waals surface area contributed by atoms with Gasteiger partial charge in [0.05, 0.1) is 6.54 Å². The summed E-state index contributed by atoms with van der Waals surface area (Å²) in [5.74, 6) is -0.792. The maximum atomic E-state index is 11.6. The van der Waals surface area contributed by atoms with E-state index in [1.54, 1.807) is 4.68 Å². The summed E-state index contributed by atoms with van der Waals surface area (Å²) in [5, 5.41) is 20.1. The Morgan fingerprint density at radius 2 is 2.00 bits per heavy atom. The second kappa shape index (κ2) is 4.88. The Kier molecular flexibility index (Phi) is 3.02. The average molecular weight is 343 g/mol. The highest BCUT2D eigenvalue weighted by molar-refractivity contribution is 5.64. The van der Waals surface area contributed by atoms with Crippen LogP contribution in [0.1, 0.15) is 32.0 Å². The SMILES string of the molecule is CCc1ccc(-c2nnn3c2[C@@]2(O)[C@@H](C3)O[C@@H]3OC(C)(C)O[C@@H]32)cc1. The van der Waals surface area contributed by atoms with Crippen molar-refractivity contribution in [2.75, 3.05) is 0 Å². The summed E-state index contributed by atoms with van der Waals surface area (Å²) in [6, 6.07) is 8.18. The van der Waals surface area contributed by atoms with Gasteiger partial charge in [-0.2, -0.15) is 0 Å². The lowest BCUT2D eigenvalue weighted by Gasteiger charge is -2.28. The number of aliphatic hydroxyl groups is 1. The molecule has 7 heteroatoms. The van der Waals surface area contributed by atoms with Crippen LogP contribution in [0.5, 0.6) is 0 Å². The summed E-state index contributed by atoms with van der Waals surface area (Å²) < 4.78 is 19.4. The highest BCUT2D eigenvalue weighted by Gasteiger charge is 2.68. The van der Waals surface area contributed by atoms with Gasteiger partial charge in [-0.1, -0.05) is 36.4 Å². The van der Waals surface area contributed by atoms with E-state index in [2.05, 4.69) is 29.4 Å². The van der Waals surface area contributed by atoms with Crippen LogP contribution in [0.15, 0.2) is 24.3 Å². The minimum absolute atomic E-state index is 0.437. The van der Waals surface area contributed by atoms with E-state index in [1.165, 1.54) is 5.56 Å². The van der Waals surface area contributed by atoms with Crippen molar-refractivity contribution in [2.45, 2.75) is 63.6 Å². The second-order valence-electron chi connectivity index (χ2n) is 7.39. The molecule has 0 bridgehead atoms. The van der Waals surface area contributed by atoms with E-state index in [-0.39, 0.29) is 0 Å². The first kappa shape index (κ1) is 15.5. The summed E-state index contributed by atoms with van der Waals surface area (Å²) in [5.41, 5.74) is 2.18. The van der Waals surface area contributed by atoms with Crippen LogP contribution in [-0.4, -0.2) is 44.4 Å². The number of hydrogen-bond donors (Lipinski definition) is 1. The lowest BCUT2D eigenvalue weighted by molar-refractivity contribution is -0.228. The molecule has 132 valence electrons. The van der Waals surface area contributed by atoms with Gasteiger partial charge in [0.15, 0.2) is 17.7 Å². The molecule has 0 amide bonds. The normalized spacial score (nSPS) is 34.8. The number of benzene rings is 1. The van der Waals surface area contributed by atoms with Crippen LogP contribution in [0.4, 0.5) is 0 Å². The number of hydrogen-bond acceptors (Lipinski definition) is 6. The van der Waals surface area contributed by atoms with Gasteiger partial charge < -0.3 is 19.3 Å². The lowest BCUT2D eigenvalue weighted by atomic mass is 9.89. The van der Waals surface area contributed by atoms with E-state index in [4.69, 9.17) is 14.2 Å². The average Bonchev–Trinajstić information content (AvgIpc) is 3.26. The van der Waals surface area contributed by atoms with E-state index in [0.29, 0.717) is 17.9 Å². The number of nitrogens with zero attached hydrogens (tertiary/aromatic N) is 3. The van der Waals surface area contributed by atoms with Crippen molar-refractivity contribution in [1.82, 2.24) is 15.0 Å². The highest BCUT2D eigenvalue weighted by Crippen LogP contribution is 2.52. The maximum absolute atomic E-state index is 11.6. The third kappa shape index (κ3) is 2.01. The van der Waals surface area contributed by atoms with Gasteiger partial charge in [-0.25, -0.2) is 4.68 Å². The van der Waals surface area contributed by atoms with Gasteiger partial charge in [-0.05, 0) is 25.8 Å². The zero-order chi connectivity index (χ0) is 17.4. The molecule has 25 heavy (non-hydrogen) atoms. The molecule has 7 nitrogen and oxygen atoms in total. The standard InChI is InChI=1S/C18H21N3O4/c1-4-10-5-7-11(8-6-10)13-14-18(22)12(9-21(14)20-19-13)23-16-15(18)24-17(2,3)25-16/h5-8,12,15-16,22H,4,9H2,1-3H3/t12-,15+,16-,18+/m1/s1. The molecule has 0 spiro atoms. The maximum Gasteiger partial charge on any atom is 0.191 e. The smallest absolute Gasteiger partial charge is 0.191 e. The molecule has 1 N–H and O–H groups in total. The van der Waals surface area contributed by atoms with Crippen LogP contribution >= 0.6 is 0 Å². The van der Waals surface area contributed by atoms with Crippen LogP contribution in [0.25, 0.3) is 11.3 Å². The van der Waals surface area contributed by atoms with E-state index in [0.717, 1.165) is 12.0 Å². The topological polar surface area (TPSA) is 78.6 Å². The van der Waals surface area contributed by atoms with Crippen molar-refractivity contribution in [3.05, 3.63) is 35.5 Å². The predicted molar refractivity (Wildman–Crippen MR) is 87.4 cm³/mol. The van der Waals surface area contributed by atoms with Crippen LogP contribution < -0.4 is 0 Å². The Morgan fingerprint density at radius 3 is 2.72 bits per heavy atom. The third-order valence-corrected chi connectivity index (χ3v) is 5.37. The van der Waals surface area contributed by atoms with E-state index >= 15 is 0 Å². The summed E-state index contributed by atoms with van der Waals surface area (Å²) in [6.07, 6.45) is -0.647. The quantitative estimate of drug-likeness (QED) is 0.892. The Morgan fingerprint density at radius 1 is 1.24 bits per heavy atom. The Bertz CT molecular complexity index is 831. The number of rotatable bonds is 2. The predicted octanol–water partition coefficient (Wildman–Crippen LogP) is 1.59. The highest BCUT2D eigenvalue weighted by atomic mass is 16.8. The molecule has 1 aromatic heterocycles. The second-order valence-corrected chi connectivity index (χ2v) is 7.39. The van der Waals surface area contributed by atoms with Crippen LogP contribution in [0.3, 0.4) is 0 Å². The molecule has 2 aromatic rings. The van der Waals surface area contributed by atoms with Crippen LogP contribution in [0.2, 0.25) is 0 Å². The fourth-order valence-electron chi connectivity index (χ4n) is 4.13. The van der Waals surface area contributed by atoms with Crippen molar-refractivity contribution in [1.29, 1.82) is 0 Å². The van der Waals surface area contributed by atoms with Gasteiger partial charge in [-0.15, -0.1) is 5.10 Å². The lowest BCUT2D eigenvalue weighted by Crippen LogP contribution is -2.44. The number of fused-ring (bicyclic) bond motifs is 5. The third-order valence-electron chi connectivity index (χ3n) is 5.37. The van der Waals surface area contributed by atoms with Crippen molar-refractivity contribution in [3.8, 4) is 11.3 Å². The molecule has 4 atom stereocenters. The first-order chi connectivity index (χ1) is 11.9. The summed E-state index contributed by atoms with van der Waals surface area (Å²) >= 11 is 0. The number of aromatic nitrogens is 3. The van der Waals surface area contributed by atoms with Gasteiger partial charge in [0.25, 0.3) is 0 Å². The van der Waals surface area contributed by atoms with E-state index in [9.17, 15) is 5.11 Å². The van der Waals surface area contributed by atoms with Gasteiger partial charge in [0.1, 0.15) is 23.6 Å². The monoisotopic (exact) mass is 343 g/mol. The minimum Gasteiger partial charge on any atom is -0.378 e. The van der Waals surface area contributed by atoms with Crippen molar-refractivity contribution in [2.24, 2.45) is 0 Å². The van der Waals surface area contributed by atoms with Crippen molar-refractivity contribution in [3.63, 3.8) is 0 Å². The van der Waals surface area contributed by atoms with Crippen molar-refractivity contribution >= 4 is 0 Å². The van der Waals surface area contributed by atoms with Crippen molar-refractivity contribution < 1.29 is 19.3 Å². The van der Waals surface area contributed by atoms with E-state index < -0.39 is 29.9 Å². The molecule has 0 unspecified atom stereocenters. The summed E-state index contributed by atoms with van der Waals surface area (Å²) in [7, 11) is 0. The Hall–Kier alpha value is -1.80. The molecule has 3 aliphatic rings. The molecule has 0 saturated carbocycles. The zero-order valence-corrected chi connectivity index (χ0v) is 14.5. The molecule has 0 aliphatic carbocycles. The molecule has 5 rings (SSSR count). The summed E-state index contributed by atoms with van der Waals surface area (Å²) in [4.78, 5) is 0. The Balaban J connectivity index is 1.60. The fraction of sp³-hybridized carbons (Fsp3) is 0.556. The van der Waals surface area contributed by atoms with Gasteiger partial charge in [0, 0.05) is 5.56 Å². The van der Waals surface area contributed by atoms with Gasteiger partial charge in [-0.3, -0.25) is 0 Å². The number of ether oxygens (including phenoxy) is 3. The molecule has 0 radical (unpaired) electrons. The Labute approximate surface area is 145 Å². The molecule has 2 fully saturated rings. The van der Waals surface area contributed by atoms with Crippen LogP contribution in [-0.2, 0) is 32.8 Å². The molecular formula is C18H21N3O4. The first-order valence-corrected chi connectivity index (χ1v) is 8.69. The molecule has 2 saturated heterocycles. The zero-order valence-electron chi connectivity index (χ0n) is 14.5. The molecule has 4 heterocycles. The molecule has 3 aliphatic heterocycles. The van der Waals surface area contributed by atoms with E-state index in [1.807, 2.05) is 26.0 Å². The minimum atomic E-state index is -1.32. The molecular weight excluding hydrogens is 322 g/mol. The van der Waals surface area contributed by atoms with Gasteiger partial charge in [0.2, 0.25) is 0 Å².